The Kier molecular flexibility index (Phi) is 5.45. The number of nitrogens with zero attached hydrogens (tertiary/aromatic N) is 1. The number of hydrogen-bond acceptors (Lipinski definition) is 3. The number of methoxy groups -OCH3 is 1. The van der Waals surface area contributed by atoms with Gasteiger partial charge in [0, 0.05) is 31.8 Å². The summed E-state index contributed by atoms with van der Waals surface area (Å²) in [5, 5.41) is 3.33. The van der Waals surface area contributed by atoms with E-state index in [1.165, 1.54) is 25.7 Å². The summed E-state index contributed by atoms with van der Waals surface area (Å²) < 4.78 is 10.8. The monoisotopic (exact) mass is 269 g/mol. The fourth-order valence-electron chi connectivity index (χ4n) is 3.04. The molecule has 0 radical (unpaired) electrons. The van der Waals surface area contributed by atoms with Gasteiger partial charge in [0.2, 0.25) is 0 Å². The van der Waals surface area contributed by atoms with E-state index in [1.807, 2.05) is 0 Å². The third kappa shape index (κ3) is 4.35. The Hall–Kier alpha value is -0.810. The minimum Gasteiger partial charge on any atom is -0.384 e. The van der Waals surface area contributed by atoms with Gasteiger partial charge in [-0.1, -0.05) is 12.8 Å². The average Bonchev–Trinajstić information content (AvgIpc) is 2.91. The van der Waals surface area contributed by atoms with Crippen LogP contribution in [-0.2, 0) is 9.47 Å². The first-order valence-electron chi connectivity index (χ1n) is 7.37. The van der Waals surface area contributed by atoms with E-state index in [0.717, 1.165) is 39.2 Å². The molecule has 0 atom stereocenters. The second-order valence-corrected chi connectivity index (χ2v) is 5.87. The number of rotatable bonds is 5. The van der Waals surface area contributed by atoms with Crippen molar-refractivity contribution < 1.29 is 9.47 Å². The summed E-state index contributed by atoms with van der Waals surface area (Å²) in [5.74, 6) is 0.592. The molecule has 110 valence electrons. The maximum atomic E-state index is 5.99. The molecule has 0 spiro atoms. The first-order chi connectivity index (χ1) is 9.24. The molecule has 5 nitrogen and oxygen atoms in total. The third-order valence-corrected chi connectivity index (χ3v) is 4.30. The van der Waals surface area contributed by atoms with Gasteiger partial charge in [-0.05, 0) is 25.7 Å². The van der Waals surface area contributed by atoms with Gasteiger partial charge in [-0.25, -0.2) is 0 Å². The maximum Gasteiger partial charge on any atom is 0.188 e. The van der Waals surface area contributed by atoms with E-state index in [2.05, 4.69) is 10.3 Å². The average molecular weight is 269 g/mol. The van der Waals surface area contributed by atoms with E-state index < -0.39 is 0 Å². The number of hydrogen-bond donors (Lipinski definition) is 2. The van der Waals surface area contributed by atoms with Crippen LogP contribution in [0.1, 0.15) is 38.5 Å². The molecule has 1 aliphatic carbocycles. The Labute approximate surface area is 115 Å². The Morgan fingerprint density at radius 1 is 1.37 bits per heavy atom. The SMILES string of the molecule is COCC1(CN=C(N)NC2CCCC2)CCOCC1. The fourth-order valence-corrected chi connectivity index (χ4v) is 3.04. The summed E-state index contributed by atoms with van der Waals surface area (Å²) in [5.41, 5.74) is 6.10. The smallest absolute Gasteiger partial charge is 0.188 e. The van der Waals surface area contributed by atoms with Gasteiger partial charge in [-0.2, -0.15) is 0 Å². The third-order valence-electron chi connectivity index (χ3n) is 4.30. The molecule has 0 aromatic rings. The van der Waals surface area contributed by atoms with Crippen LogP contribution in [0.15, 0.2) is 4.99 Å². The Morgan fingerprint density at radius 2 is 2.05 bits per heavy atom. The molecule has 1 saturated carbocycles. The molecule has 0 aromatic heterocycles. The highest BCUT2D eigenvalue weighted by Crippen LogP contribution is 2.31. The summed E-state index contributed by atoms with van der Waals surface area (Å²) in [6, 6.07) is 0.525. The lowest BCUT2D eigenvalue weighted by atomic mass is 9.81. The minimum absolute atomic E-state index is 0.106. The van der Waals surface area contributed by atoms with Gasteiger partial charge in [0.25, 0.3) is 0 Å². The van der Waals surface area contributed by atoms with Crippen LogP contribution < -0.4 is 11.1 Å². The predicted molar refractivity (Wildman–Crippen MR) is 76.2 cm³/mol. The number of nitrogens with one attached hydrogen (secondary N) is 1. The van der Waals surface area contributed by atoms with Crippen LogP contribution in [0.4, 0.5) is 0 Å². The zero-order chi connectivity index (χ0) is 13.6. The highest BCUT2D eigenvalue weighted by Gasteiger charge is 2.32. The van der Waals surface area contributed by atoms with Crippen LogP contribution in [0.3, 0.4) is 0 Å². The van der Waals surface area contributed by atoms with E-state index >= 15 is 0 Å². The van der Waals surface area contributed by atoms with Crippen molar-refractivity contribution in [2.45, 2.75) is 44.6 Å². The molecule has 3 N–H and O–H groups in total. The molecular formula is C14H27N3O2. The fraction of sp³-hybridized carbons (Fsp3) is 0.929. The highest BCUT2D eigenvalue weighted by atomic mass is 16.5. The molecule has 2 rings (SSSR count). The van der Waals surface area contributed by atoms with Gasteiger partial charge < -0.3 is 20.5 Å². The largest absolute Gasteiger partial charge is 0.384 e. The van der Waals surface area contributed by atoms with Crippen LogP contribution in [0.25, 0.3) is 0 Å². The topological polar surface area (TPSA) is 68.9 Å². The normalized spacial score (nSPS) is 24.6. The lowest BCUT2D eigenvalue weighted by Crippen LogP contribution is -2.41. The molecule has 5 heteroatoms. The van der Waals surface area contributed by atoms with Crippen LogP contribution in [0.2, 0.25) is 0 Å². The summed E-state index contributed by atoms with van der Waals surface area (Å²) in [6.45, 7) is 3.07. The lowest BCUT2D eigenvalue weighted by Gasteiger charge is -2.35. The highest BCUT2D eigenvalue weighted by molar-refractivity contribution is 5.78. The Morgan fingerprint density at radius 3 is 2.68 bits per heavy atom. The molecule has 2 aliphatic rings. The number of aliphatic imine (C=N–C) groups is 1. The van der Waals surface area contributed by atoms with Crippen molar-refractivity contribution >= 4 is 5.96 Å². The molecular weight excluding hydrogens is 242 g/mol. The van der Waals surface area contributed by atoms with E-state index in [9.17, 15) is 0 Å². The molecule has 1 heterocycles. The van der Waals surface area contributed by atoms with E-state index in [4.69, 9.17) is 15.2 Å². The quantitative estimate of drug-likeness (QED) is 0.582. The van der Waals surface area contributed by atoms with Crippen LogP contribution in [0, 0.1) is 5.41 Å². The van der Waals surface area contributed by atoms with Crippen molar-refractivity contribution in [2.75, 3.05) is 33.5 Å². The standard InChI is InChI=1S/C14H27N3O2/c1-18-11-14(6-8-19-9-7-14)10-16-13(15)17-12-4-2-3-5-12/h12H,2-11H2,1H3,(H3,15,16,17). The van der Waals surface area contributed by atoms with Crippen molar-refractivity contribution in [3.05, 3.63) is 0 Å². The molecule has 0 unspecified atom stereocenters. The van der Waals surface area contributed by atoms with Gasteiger partial charge in [-0.15, -0.1) is 0 Å². The first kappa shape index (κ1) is 14.6. The molecule has 1 saturated heterocycles. The Bertz CT molecular complexity index is 290. The van der Waals surface area contributed by atoms with Crippen LogP contribution in [-0.4, -0.2) is 45.5 Å². The molecule has 0 aromatic carbocycles. The molecule has 0 amide bonds. The van der Waals surface area contributed by atoms with Crippen LogP contribution in [0.5, 0.6) is 0 Å². The van der Waals surface area contributed by atoms with E-state index in [0.29, 0.717) is 12.0 Å². The van der Waals surface area contributed by atoms with Crippen molar-refractivity contribution in [1.82, 2.24) is 5.32 Å². The summed E-state index contributed by atoms with van der Waals surface area (Å²) in [6.07, 6.45) is 7.04. The second-order valence-electron chi connectivity index (χ2n) is 5.87. The van der Waals surface area contributed by atoms with E-state index in [1.54, 1.807) is 7.11 Å². The Balaban J connectivity index is 1.85. The van der Waals surface area contributed by atoms with Crippen molar-refractivity contribution in [1.29, 1.82) is 0 Å². The molecule has 2 fully saturated rings. The summed E-state index contributed by atoms with van der Waals surface area (Å²) in [7, 11) is 1.75. The lowest BCUT2D eigenvalue weighted by molar-refractivity contribution is -0.0223. The number of nitrogens with two attached hydrogens (primary N) is 1. The van der Waals surface area contributed by atoms with Gasteiger partial charge in [0.15, 0.2) is 5.96 Å². The molecule has 19 heavy (non-hydrogen) atoms. The minimum atomic E-state index is 0.106. The van der Waals surface area contributed by atoms with Gasteiger partial charge in [0.05, 0.1) is 13.2 Å². The van der Waals surface area contributed by atoms with Gasteiger partial charge in [0.1, 0.15) is 0 Å². The van der Waals surface area contributed by atoms with Gasteiger partial charge in [-0.3, -0.25) is 4.99 Å². The zero-order valence-corrected chi connectivity index (χ0v) is 12.0. The van der Waals surface area contributed by atoms with E-state index in [-0.39, 0.29) is 5.41 Å². The van der Waals surface area contributed by atoms with Crippen molar-refractivity contribution in [3.8, 4) is 0 Å². The van der Waals surface area contributed by atoms with Crippen molar-refractivity contribution in [2.24, 2.45) is 16.1 Å². The first-order valence-corrected chi connectivity index (χ1v) is 7.37. The van der Waals surface area contributed by atoms with Crippen molar-refractivity contribution in [3.63, 3.8) is 0 Å². The molecule has 1 aliphatic heterocycles. The zero-order valence-electron chi connectivity index (χ0n) is 12.0. The predicted octanol–water partition coefficient (Wildman–Crippen LogP) is 1.28. The second kappa shape index (κ2) is 7.10. The maximum absolute atomic E-state index is 5.99. The molecule has 0 bridgehead atoms. The number of ether oxygens (including phenoxy) is 2. The summed E-state index contributed by atoms with van der Waals surface area (Å²) >= 11 is 0. The summed E-state index contributed by atoms with van der Waals surface area (Å²) in [4.78, 5) is 4.55. The number of guanidine groups is 1. The van der Waals surface area contributed by atoms with Gasteiger partial charge >= 0.3 is 0 Å². The van der Waals surface area contributed by atoms with Crippen LogP contribution >= 0.6 is 0 Å².